The summed E-state index contributed by atoms with van der Waals surface area (Å²) in [6, 6.07) is -0.667. The van der Waals surface area contributed by atoms with Crippen molar-refractivity contribution in [2.24, 2.45) is 5.92 Å². The summed E-state index contributed by atoms with van der Waals surface area (Å²) < 4.78 is 15.5. The number of carboxylic acids is 1. The molecule has 0 saturated carbocycles. The van der Waals surface area contributed by atoms with Crippen molar-refractivity contribution >= 4 is 5.97 Å². The largest absolute Gasteiger partial charge is 0.479 e. The second-order valence-electron chi connectivity index (χ2n) is 6.38. The summed E-state index contributed by atoms with van der Waals surface area (Å²) >= 11 is 0. The van der Waals surface area contributed by atoms with E-state index in [-0.39, 0.29) is 6.61 Å². The molecule has 0 bridgehead atoms. The molecule has 12 nitrogen and oxygen atoms in total. The number of hydrogen-bond donors (Lipinski definition) is 8. The second-order valence-corrected chi connectivity index (χ2v) is 6.38. The summed E-state index contributed by atoms with van der Waals surface area (Å²) in [6.07, 6.45) is -12.3. The molecule has 0 aromatic carbocycles. The smallest absolute Gasteiger partial charge is 0.335 e. The van der Waals surface area contributed by atoms with E-state index in [1.54, 1.807) is 12.4 Å². The third-order valence-electron chi connectivity index (χ3n) is 4.79. The Morgan fingerprint density at radius 3 is 2.23 bits per heavy atom. The number of nitrogens with two attached hydrogens (primary N) is 1. The number of carboxylic acid groups (broad SMARTS) is 1. The van der Waals surface area contributed by atoms with Gasteiger partial charge in [0, 0.05) is 0 Å². The van der Waals surface area contributed by atoms with E-state index in [1.807, 2.05) is 0 Å². The number of likely N-dealkylation sites (N-methyl/N-ethyl adjacent to an activating group) is 1. The van der Waals surface area contributed by atoms with E-state index in [0.29, 0.717) is 0 Å². The van der Waals surface area contributed by atoms with Crippen molar-refractivity contribution in [3.05, 3.63) is 0 Å². The quantitative estimate of drug-likeness (QED) is 0.217. The van der Waals surface area contributed by atoms with Crippen LogP contribution in [0, 0.1) is 5.92 Å². The van der Waals surface area contributed by atoms with Gasteiger partial charge in [-0.3, -0.25) is 0 Å². The lowest BCUT2D eigenvalue weighted by atomic mass is 9.88. The molecule has 0 radical (unpaired) electrons. The van der Waals surface area contributed by atoms with E-state index in [0.717, 1.165) is 0 Å². The monoisotopic (exact) mass is 384 g/mol. The molecule has 152 valence electrons. The SMILES string of the molecule is C[NH2+]C1[C@H](O)OC(CO)[C@@H](O)[C@H]1CO[C@@H]1OC(C(=O)O)[C@@H](O)[C@@H](O)C1O. The van der Waals surface area contributed by atoms with Gasteiger partial charge in [0.15, 0.2) is 12.4 Å². The molecule has 2 rings (SSSR count). The topological polar surface area (TPSA) is 203 Å². The zero-order chi connectivity index (χ0) is 19.6. The van der Waals surface area contributed by atoms with Crippen LogP contribution in [0.2, 0.25) is 0 Å². The highest BCUT2D eigenvalue weighted by Gasteiger charge is 2.50. The van der Waals surface area contributed by atoms with Crippen molar-refractivity contribution in [1.82, 2.24) is 0 Å². The maximum atomic E-state index is 11.1. The van der Waals surface area contributed by atoms with Crippen LogP contribution >= 0.6 is 0 Å². The summed E-state index contributed by atoms with van der Waals surface area (Å²) in [6.45, 7) is -0.844. The Balaban J connectivity index is 2.07. The highest BCUT2D eigenvalue weighted by atomic mass is 16.7. The fourth-order valence-corrected chi connectivity index (χ4v) is 3.23. The Bertz CT molecular complexity index is 480. The van der Waals surface area contributed by atoms with E-state index >= 15 is 0 Å². The van der Waals surface area contributed by atoms with Crippen molar-refractivity contribution in [1.29, 1.82) is 0 Å². The highest BCUT2D eigenvalue weighted by molar-refractivity contribution is 5.73. The molecule has 2 aliphatic heterocycles. The van der Waals surface area contributed by atoms with Gasteiger partial charge in [0.1, 0.15) is 30.5 Å². The number of hydrogen-bond acceptors (Lipinski definition) is 10. The van der Waals surface area contributed by atoms with Crippen LogP contribution in [-0.2, 0) is 19.0 Å². The minimum absolute atomic E-state index is 0.302. The summed E-state index contributed by atoms with van der Waals surface area (Å²) in [5, 5.41) is 69.5. The van der Waals surface area contributed by atoms with E-state index in [9.17, 15) is 35.4 Å². The summed E-state index contributed by atoms with van der Waals surface area (Å²) in [4.78, 5) is 11.1. The number of ether oxygens (including phenoxy) is 3. The average Bonchev–Trinajstić information content (AvgIpc) is 2.60. The Kier molecular flexibility index (Phi) is 7.27. The molecule has 2 saturated heterocycles. The summed E-state index contributed by atoms with van der Waals surface area (Å²) in [5.74, 6) is -2.30. The van der Waals surface area contributed by atoms with Gasteiger partial charge < -0.3 is 55.3 Å². The fourth-order valence-electron chi connectivity index (χ4n) is 3.23. The minimum Gasteiger partial charge on any atom is -0.479 e. The van der Waals surface area contributed by atoms with Gasteiger partial charge in [-0.1, -0.05) is 0 Å². The molecule has 9 N–H and O–H groups in total. The van der Waals surface area contributed by atoms with Crippen LogP contribution in [0.15, 0.2) is 0 Å². The third kappa shape index (κ3) is 4.14. The van der Waals surface area contributed by atoms with Crippen LogP contribution in [0.1, 0.15) is 0 Å². The first kappa shape index (κ1) is 21.4. The first-order valence-electron chi connectivity index (χ1n) is 8.18. The van der Waals surface area contributed by atoms with Gasteiger partial charge in [-0.15, -0.1) is 0 Å². The lowest BCUT2D eigenvalue weighted by Gasteiger charge is -2.42. The lowest BCUT2D eigenvalue weighted by Crippen LogP contribution is -2.93. The van der Waals surface area contributed by atoms with Crippen LogP contribution in [0.5, 0.6) is 0 Å². The van der Waals surface area contributed by atoms with E-state index in [4.69, 9.17) is 19.3 Å². The third-order valence-corrected chi connectivity index (χ3v) is 4.79. The number of aliphatic hydroxyl groups is 6. The van der Waals surface area contributed by atoms with Gasteiger partial charge in [0.05, 0.1) is 32.3 Å². The number of rotatable bonds is 6. The molecular weight excluding hydrogens is 358 g/mol. The van der Waals surface area contributed by atoms with E-state index in [1.165, 1.54) is 0 Å². The van der Waals surface area contributed by atoms with Crippen molar-refractivity contribution in [2.75, 3.05) is 20.3 Å². The van der Waals surface area contributed by atoms with Gasteiger partial charge in [-0.2, -0.15) is 0 Å². The molecule has 2 aliphatic rings. The Labute approximate surface area is 148 Å². The first-order chi connectivity index (χ1) is 12.2. The molecule has 12 heteroatoms. The molecule has 0 aliphatic carbocycles. The minimum atomic E-state index is -1.84. The summed E-state index contributed by atoms with van der Waals surface area (Å²) in [7, 11) is 1.63. The number of aliphatic carboxylic acids is 1. The van der Waals surface area contributed by atoms with Crippen molar-refractivity contribution in [3.8, 4) is 0 Å². The standard InChI is InChI=1S/C14H25NO11/c1-15-6-4(7(17)5(2-16)25-13(6)23)3-24-14-10(20)8(18)9(19)11(26-14)12(21)22/h4-11,13-20,23H,2-3H2,1H3,(H,21,22)/p+1/t4-,5?,6?,7-,8+,9-,10?,11?,13+,14+/m0/s1. The fraction of sp³-hybridized carbons (Fsp3) is 0.929. The number of carbonyl (C=O) groups is 1. The van der Waals surface area contributed by atoms with Crippen molar-refractivity contribution in [3.63, 3.8) is 0 Å². The Hall–Kier alpha value is -0.930. The van der Waals surface area contributed by atoms with Crippen LogP contribution in [0.3, 0.4) is 0 Å². The molecule has 2 heterocycles. The molecule has 10 atom stereocenters. The average molecular weight is 384 g/mol. The molecule has 4 unspecified atom stereocenters. The van der Waals surface area contributed by atoms with Gasteiger partial charge in [0.2, 0.25) is 6.29 Å². The Morgan fingerprint density at radius 2 is 1.69 bits per heavy atom. The Morgan fingerprint density at radius 1 is 1.04 bits per heavy atom. The molecular formula is C14H26NO11+. The molecule has 0 amide bonds. The van der Waals surface area contributed by atoms with E-state index in [2.05, 4.69) is 0 Å². The number of aliphatic hydroxyl groups excluding tert-OH is 6. The number of quaternary nitrogens is 1. The van der Waals surface area contributed by atoms with E-state index < -0.39 is 73.7 Å². The second kappa shape index (κ2) is 8.84. The zero-order valence-corrected chi connectivity index (χ0v) is 14.0. The van der Waals surface area contributed by atoms with Crippen molar-refractivity contribution in [2.45, 2.75) is 55.2 Å². The zero-order valence-electron chi connectivity index (χ0n) is 14.0. The lowest BCUT2D eigenvalue weighted by molar-refractivity contribution is -0.694. The van der Waals surface area contributed by atoms with Gasteiger partial charge >= 0.3 is 5.97 Å². The van der Waals surface area contributed by atoms with Crippen molar-refractivity contribution < 1.29 is 60.1 Å². The van der Waals surface area contributed by atoms with Gasteiger partial charge in [-0.05, 0) is 0 Å². The summed E-state index contributed by atoms with van der Waals surface area (Å²) in [5.41, 5.74) is 0. The maximum absolute atomic E-state index is 11.1. The van der Waals surface area contributed by atoms with Gasteiger partial charge in [-0.25, -0.2) is 4.79 Å². The molecule has 2 fully saturated rings. The maximum Gasteiger partial charge on any atom is 0.335 e. The van der Waals surface area contributed by atoms with Crippen LogP contribution in [0.25, 0.3) is 0 Å². The molecule has 0 aromatic rings. The predicted octanol–water partition coefficient (Wildman–Crippen LogP) is -5.86. The first-order valence-corrected chi connectivity index (χ1v) is 8.18. The van der Waals surface area contributed by atoms with Crippen LogP contribution in [0.4, 0.5) is 0 Å². The highest BCUT2D eigenvalue weighted by Crippen LogP contribution is 2.27. The van der Waals surface area contributed by atoms with Crippen LogP contribution in [-0.4, -0.2) is 117 Å². The normalized spacial score (nSPS) is 46.9. The molecule has 0 aromatic heterocycles. The van der Waals surface area contributed by atoms with Gasteiger partial charge in [0.25, 0.3) is 0 Å². The molecule has 26 heavy (non-hydrogen) atoms. The molecule has 0 spiro atoms. The van der Waals surface area contributed by atoms with Crippen LogP contribution < -0.4 is 5.32 Å². The predicted molar refractivity (Wildman–Crippen MR) is 79.4 cm³/mol.